The molecule has 0 unspecified atom stereocenters. The molecular weight excluding hydrogens is 254 g/mol. The van der Waals surface area contributed by atoms with Crippen LogP contribution in [0, 0.1) is 11.3 Å². The van der Waals surface area contributed by atoms with Crippen molar-refractivity contribution in [2.24, 2.45) is 0 Å². The predicted molar refractivity (Wildman–Crippen MR) is 75.4 cm³/mol. The fraction of sp³-hybridized carbons (Fsp3) is 0.467. The van der Waals surface area contributed by atoms with Crippen molar-refractivity contribution >= 4 is 5.91 Å². The number of hydrogen-bond donors (Lipinski definition) is 1. The van der Waals surface area contributed by atoms with E-state index in [9.17, 15) is 4.79 Å². The second-order valence-corrected chi connectivity index (χ2v) is 4.76. The Hall–Kier alpha value is -1.90. The van der Waals surface area contributed by atoms with Crippen LogP contribution in [-0.4, -0.2) is 50.2 Å². The number of amides is 1. The minimum absolute atomic E-state index is 0.121. The number of nitriles is 1. The maximum atomic E-state index is 11.9. The average molecular weight is 273 g/mol. The van der Waals surface area contributed by atoms with Crippen LogP contribution in [0.15, 0.2) is 24.3 Å². The molecule has 20 heavy (non-hydrogen) atoms. The zero-order chi connectivity index (χ0) is 14.2. The Bertz CT molecular complexity index is 490. The predicted octanol–water partition coefficient (Wildman–Crippen LogP) is 1.01. The Labute approximate surface area is 119 Å². The first kappa shape index (κ1) is 14.5. The van der Waals surface area contributed by atoms with Crippen LogP contribution in [0.25, 0.3) is 0 Å². The molecule has 0 saturated carbocycles. The van der Waals surface area contributed by atoms with Gasteiger partial charge in [0.25, 0.3) is 5.91 Å². The highest BCUT2D eigenvalue weighted by Gasteiger charge is 2.10. The van der Waals surface area contributed by atoms with Crippen molar-refractivity contribution in [1.29, 1.82) is 5.26 Å². The largest absolute Gasteiger partial charge is 0.379 e. The van der Waals surface area contributed by atoms with Gasteiger partial charge in [0.05, 0.1) is 24.8 Å². The topological polar surface area (TPSA) is 65.4 Å². The van der Waals surface area contributed by atoms with Gasteiger partial charge in [-0.05, 0) is 31.2 Å². The Kier molecular flexibility index (Phi) is 5.54. The molecule has 106 valence electrons. The number of nitrogens with zero attached hydrogens (tertiary/aromatic N) is 2. The van der Waals surface area contributed by atoms with Crippen LogP contribution in [0.3, 0.4) is 0 Å². The summed E-state index contributed by atoms with van der Waals surface area (Å²) in [6.45, 7) is 5.16. The highest BCUT2D eigenvalue weighted by atomic mass is 16.5. The fourth-order valence-electron chi connectivity index (χ4n) is 2.16. The van der Waals surface area contributed by atoms with Gasteiger partial charge < -0.3 is 10.1 Å². The summed E-state index contributed by atoms with van der Waals surface area (Å²) in [5, 5.41) is 11.7. The van der Waals surface area contributed by atoms with E-state index in [1.165, 1.54) is 0 Å². The monoisotopic (exact) mass is 273 g/mol. The summed E-state index contributed by atoms with van der Waals surface area (Å²) in [4.78, 5) is 14.2. The van der Waals surface area contributed by atoms with Crippen LogP contribution in [0.1, 0.15) is 22.3 Å². The maximum absolute atomic E-state index is 11.9. The lowest BCUT2D eigenvalue weighted by Crippen LogP contribution is -2.38. The van der Waals surface area contributed by atoms with Gasteiger partial charge in [0.2, 0.25) is 0 Å². The molecular formula is C15H19N3O2. The first-order valence-electron chi connectivity index (χ1n) is 6.88. The molecule has 0 spiro atoms. The number of benzene rings is 1. The third-order valence-electron chi connectivity index (χ3n) is 3.29. The summed E-state index contributed by atoms with van der Waals surface area (Å²) in [7, 11) is 0. The molecule has 2 rings (SSSR count). The molecule has 5 nitrogen and oxygen atoms in total. The summed E-state index contributed by atoms with van der Waals surface area (Å²) < 4.78 is 5.29. The summed E-state index contributed by atoms with van der Waals surface area (Å²) in [6, 6.07) is 8.78. The molecule has 1 aliphatic heterocycles. The molecule has 0 aliphatic carbocycles. The summed E-state index contributed by atoms with van der Waals surface area (Å²) in [5.41, 5.74) is 1.04. The van der Waals surface area contributed by atoms with Crippen LogP contribution >= 0.6 is 0 Å². The first-order valence-corrected chi connectivity index (χ1v) is 6.88. The van der Waals surface area contributed by atoms with E-state index in [0.717, 1.165) is 39.3 Å². The third kappa shape index (κ3) is 4.34. The SMILES string of the molecule is N#Cc1cccc(C(=O)NCCCN2CCOCC2)c1. The Balaban J connectivity index is 1.70. The maximum Gasteiger partial charge on any atom is 0.251 e. The van der Waals surface area contributed by atoms with Gasteiger partial charge in [-0.25, -0.2) is 0 Å². The molecule has 1 fully saturated rings. The second kappa shape index (κ2) is 7.63. The van der Waals surface area contributed by atoms with Crippen LogP contribution in [0.4, 0.5) is 0 Å². The highest BCUT2D eigenvalue weighted by Crippen LogP contribution is 2.04. The molecule has 0 bridgehead atoms. The number of ether oxygens (including phenoxy) is 1. The van der Waals surface area contributed by atoms with E-state index < -0.39 is 0 Å². The molecule has 1 aliphatic rings. The van der Waals surface area contributed by atoms with Crippen molar-refractivity contribution in [1.82, 2.24) is 10.2 Å². The number of hydrogen-bond acceptors (Lipinski definition) is 4. The van der Waals surface area contributed by atoms with Crippen LogP contribution in [0.5, 0.6) is 0 Å². The standard InChI is InChI=1S/C15H19N3O2/c16-12-13-3-1-4-14(11-13)15(19)17-5-2-6-18-7-9-20-10-8-18/h1,3-4,11H,2,5-10H2,(H,17,19). The van der Waals surface area contributed by atoms with Crippen molar-refractivity contribution < 1.29 is 9.53 Å². The Morgan fingerprint density at radius 3 is 2.95 bits per heavy atom. The van der Waals surface area contributed by atoms with Gasteiger partial charge in [0, 0.05) is 25.2 Å². The lowest BCUT2D eigenvalue weighted by Gasteiger charge is -2.26. The van der Waals surface area contributed by atoms with E-state index in [2.05, 4.69) is 10.2 Å². The van der Waals surface area contributed by atoms with Gasteiger partial charge in [0.1, 0.15) is 0 Å². The van der Waals surface area contributed by atoms with E-state index in [1.807, 2.05) is 6.07 Å². The smallest absolute Gasteiger partial charge is 0.251 e. The van der Waals surface area contributed by atoms with Gasteiger partial charge in [-0.15, -0.1) is 0 Å². The number of rotatable bonds is 5. The number of carbonyl (C=O) groups excluding carboxylic acids is 1. The molecule has 1 heterocycles. The third-order valence-corrected chi connectivity index (χ3v) is 3.29. The zero-order valence-electron chi connectivity index (χ0n) is 11.5. The Morgan fingerprint density at radius 2 is 2.20 bits per heavy atom. The minimum atomic E-state index is -0.121. The van der Waals surface area contributed by atoms with Crippen LogP contribution in [-0.2, 0) is 4.74 Å². The molecule has 1 N–H and O–H groups in total. The summed E-state index contributed by atoms with van der Waals surface area (Å²) >= 11 is 0. The quantitative estimate of drug-likeness (QED) is 0.813. The van der Waals surface area contributed by atoms with Gasteiger partial charge in [-0.1, -0.05) is 6.07 Å². The minimum Gasteiger partial charge on any atom is -0.379 e. The van der Waals surface area contributed by atoms with Crippen LogP contribution in [0.2, 0.25) is 0 Å². The van der Waals surface area contributed by atoms with Crippen molar-refractivity contribution in [3.8, 4) is 6.07 Å². The molecule has 1 aromatic rings. The first-order chi connectivity index (χ1) is 9.79. The van der Waals surface area contributed by atoms with Gasteiger partial charge in [-0.2, -0.15) is 5.26 Å². The fourth-order valence-corrected chi connectivity index (χ4v) is 2.16. The Morgan fingerprint density at radius 1 is 1.40 bits per heavy atom. The summed E-state index contributed by atoms with van der Waals surface area (Å²) in [6.07, 6.45) is 0.920. The van der Waals surface area contributed by atoms with Crippen molar-refractivity contribution in [2.75, 3.05) is 39.4 Å². The summed E-state index contributed by atoms with van der Waals surface area (Å²) in [5.74, 6) is -0.121. The van der Waals surface area contributed by atoms with E-state index in [1.54, 1.807) is 24.3 Å². The second-order valence-electron chi connectivity index (χ2n) is 4.76. The lowest BCUT2D eigenvalue weighted by molar-refractivity contribution is 0.0374. The molecule has 0 radical (unpaired) electrons. The van der Waals surface area contributed by atoms with Crippen molar-refractivity contribution in [2.45, 2.75) is 6.42 Å². The van der Waals surface area contributed by atoms with E-state index in [4.69, 9.17) is 10.00 Å². The lowest BCUT2D eigenvalue weighted by atomic mass is 10.1. The molecule has 1 amide bonds. The number of morpholine rings is 1. The molecule has 1 aromatic carbocycles. The van der Waals surface area contributed by atoms with Crippen molar-refractivity contribution in [3.63, 3.8) is 0 Å². The highest BCUT2D eigenvalue weighted by molar-refractivity contribution is 5.94. The van der Waals surface area contributed by atoms with Gasteiger partial charge in [-0.3, -0.25) is 9.69 Å². The number of nitrogens with one attached hydrogen (secondary N) is 1. The van der Waals surface area contributed by atoms with E-state index in [-0.39, 0.29) is 5.91 Å². The number of carbonyl (C=O) groups is 1. The molecule has 5 heteroatoms. The molecule has 0 atom stereocenters. The van der Waals surface area contributed by atoms with E-state index >= 15 is 0 Å². The molecule has 1 saturated heterocycles. The van der Waals surface area contributed by atoms with E-state index in [0.29, 0.717) is 17.7 Å². The normalized spacial score (nSPS) is 15.6. The molecule has 0 aromatic heterocycles. The zero-order valence-corrected chi connectivity index (χ0v) is 11.5. The van der Waals surface area contributed by atoms with Crippen molar-refractivity contribution in [3.05, 3.63) is 35.4 Å². The average Bonchev–Trinajstić information content (AvgIpc) is 2.52. The van der Waals surface area contributed by atoms with Gasteiger partial charge >= 0.3 is 0 Å². The van der Waals surface area contributed by atoms with Gasteiger partial charge in [0.15, 0.2) is 0 Å². The van der Waals surface area contributed by atoms with Crippen LogP contribution < -0.4 is 5.32 Å².